The molecule has 5 rings (SSSR count). The zero-order valence-electron chi connectivity index (χ0n) is 20.5. The molecule has 2 fully saturated rings. The molecule has 2 aliphatic rings. The molecule has 196 valence electrons. The van der Waals surface area contributed by atoms with Gasteiger partial charge < -0.3 is 9.84 Å². The number of nitro groups is 1. The number of amides is 2. The third kappa shape index (κ3) is 4.27. The number of carbonyl (C=O) groups is 2. The van der Waals surface area contributed by atoms with E-state index in [1.165, 1.54) is 23.3 Å². The predicted octanol–water partition coefficient (Wildman–Crippen LogP) is 5.08. The van der Waals surface area contributed by atoms with Crippen molar-refractivity contribution in [3.63, 3.8) is 0 Å². The van der Waals surface area contributed by atoms with Crippen molar-refractivity contribution in [1.29, 1.82) is 0 Å². The Morgan fingerprint density at radius 2 is 1.79 bits per heavy atom. The van der Waals surface area contributed by atoms with Gasteiger partial charge in [-0.2, -0.15) is 0 Å². The summed E-state index contributed by atoms with van der Waals surface area (Å²) in [6, 6.07) is 15.3. The zero-order chi connectivity index (χ0) is 27.1. The van der Waals surface area contributed by atoms with Crippen LogP contribution >= 0.6 is 15.9 Å². The average molecular weight is 582 g/mol. The van der Waals surface area contributed by atoms with Gasteiger partial charge in [-0.3, -0.25) is 24.5 Å². The van der Waals surface area contributed by atoms with Crippen molar-refractivity contribution in [3.05, 3.63) is 86.4 Å². The zero-order valence-corrected chi connectivity index (χ0v) is 22.1. The fraction of sp³-hybridized carbons (Fsp3) is 0.259. The van der Waals surface area contributed by atoms with Gasteiger partial charge in [0.05, 0.1) is 33.4 Å². The molecule has 2 aliphatic heterocycles. The van der Waals surface area contributed by atoms with Gasteiger partial charge in [0.1, 0.15) is 5.92 Å². The normalized spacial score (nSPS) is 20.7. The number of hydrogen-bond acceptors (Lipinski definition) is 8. The topological polar surface area (TPSA) is 122 Å². The van der Waals surface area contributed by atoms with Crippen molar-refractivity contribution in [3.8, 4) is 11.5 Å². The number of phenolic OH excluding ortho intramolecular Hbond substituents is 1. The number of fused-ring (bicyclic) bond motifs is 1. The van der Waals surface area contributed by atoms with E-state index in [1.54, 1.807) is 37.3 Å². The number of phenols is 1. The molecular formula is C27H24BrN3O7. The molecule has 0 aromatic heterocycles. The van der Waals surface area contributed by atoms with Crippen molar-refractivity contribution >= 4 is 44.8 Å². The summed E-state index contributed by atoms with van der Waals surface area (Å²) in [7, 11) is 0. The molecule has 3 aromatic rings. The van der Waals surface area contributed by atoms with E-state index in [1.807, 2.05) is 19.1 Å². The summed E-state index contributed by atoms with van der Waals surface area (Å²) < 4.78 is 5.91. The number of nitro benzene ring substituents is 1. The highest BCUT2D eigenvalue weighted by molar-refractivity contribution is 9.10. The Balaban J connectivity index is 1.62. The molecule has 0 saturated carbocycles. The number of non-ortho nitro benzene ring substituents is 1. The van der Waals surface area contributed by atoms with Crippen LogP contribution in [0, 0.1) is 16.0 Å². The van der Waals surface area contributed by atoms with E-state index in [0.717, 1.165) is 16.9 Å². The maximum atomic E-state index is 13.8. The fourth-order valence-electron chi connectivity index (χ4n) is 4.89. The Bertz CT molecular complexity index is 1430. The minimum absolute atomic E-state index is 0.112. The van der Waals surface area contributed by atoms with Crippen LogP contribution < -0.4 is 14.7 Å². The van der Waals surface area contributed by atoms with Gasteiger partial charge in [0.15, 0.2) is 17.6 Å². The monoisotopic (exact) mass is 581 g/mol. The number of carbonyl (C=O) groups excluding carboxylic acids is 2. The van der Waals surface area contributed by atoms with E-state index < -0.39 is 34.8 Å². The summed E-state index contributed by atoms with van der Waals surface area (Å²) in [6.45, 7) is 4.06. The van der Waals surface area contributed by atoms with Crippen LogP contribution in [0.2, 0.25) is 0 Å². The maximum absolute atomic E-state index is 13.8. The Kier molecular flexibility index (Phi) is 6.80. The lowest BCUT2D eigenvalue weighted by atomic mass is 9.90. The molecule has 2 heterocycles. The first kappa shape index (κ1) is 25.7. The van der Waals surface area contributed by atoms with Crippen molar-refractivity contribution in [1.82, 2.24) is 0 Å². The van der Waals surface area contributed by atoms with Gasteiger partial charge >= 0.3 is 0 Å². The predicted molar refractivity (Wildman–Crippen MR) is 142 cm³/mol. The summed E-state index contributed by atoms with van der Waals surface area (Å²) in [4.78, 5) is 45.5. The number of benzene rings is 3. The molecule has 0 bridgehead atoms. The van der Waals surface area contributed by atoms with E-state index in [0.29, 0.717) is 21.4 Å². The van der Waals surface area contributed by atoms with Crippen LogP contribution in [0.1, 0.15) is 31.0 Å². The second kappa shape index (κ2) is 10.1. The van der Waals surface area contributed by atoms with Gasteiger partial charge in [-0.1, -0.05) is 25.1 Å². The summed E-state index contributed by atoms with van der Waals surface area (Å²) in [6.07, 6.45) is -0.338. The number of nitrogens with zero attached hydrogens (tertiary/aromatic N) is 3. The van der Waals surface area contributed by atoms with Crippen molar-refractivity contribution in [2.45, 2.75) is 32.4 Å². The molecule has 1 N–H and O–H groups in total. The quantitative estimate of drug-likeness (QED) is 0.233. The first-order chi connectivity index (χ1) is 18.2. The van der Waals surface area contributed by atoms with Crippen LogP contribution in [-0.4, -0.2) is 34.6 Å². The molecule has 2 saturated heterocycles. The number of halogens is 1. The van der Waals surface area contributed by atoms with Crippen LogP contribution in [-0.2, 0) is 20.8 Å². The van der Waals surface area contributed by atoms with Gasteiger partial charge in [0.25, 0.3) is 11.6 Å². The van der Waals surface area contributed by atoms with Crippen LogP contribution in [0.3, 0.4) is 0 Å². The number of aromatic hydroxyl groups is 1. The second-order valence-electron chi connectivity index (χ2n) is 8.91. The number of aryl methyl sites for hydroxylation is 1. The van der Waals surface area contributed by atoms with Crippen LogP contribution in [0.25, 0.3) is 0 Å². The lowest BCUT2D eigenvalue weighted by Gasteiger charge is -2.29. The van der Waals surface area contributed by atoms with Crippen LogP contribution in [0.4, 0.5) is 17.1 Å². The number of imide groups is 1. The van der Waals surface area contributed by atoms with E-state index in [9.17, 15) is 24.8 Å². The maximum Gasteiger partial charge on any atom is 0.271 e. The number of ether oxygens (including phenoxy) is 1. The lowest BCUT2D eigenvalue weighted by molar-refractivity contribution is -0.384. The molecule has 2 amide bonds. The molecule has 3 atom stereocenters. The summed E-state index contributed by atoms with van der Waals surface area (Å²) >= 11 is 3.34. The minimum atomic E-state index is -1.15. The second-order valence-corrected chi connectivity index (χ2v) is 9.77. The molecule has 10 nitrogen and oxygen atoms in total. The highest BCUT2D eigenvalue weighted by Crippen LogP contribution is 2.50. The van der Waals surface area contributed by atoms with Gasteiger partial charge in [0, 0.05) is 12.1 Å². The van der Waals surface area contributed by atoms with Crippen molar-refractivity contribution in [2.24, 2.45) is 5.92 Å². The first-order valence-corrected chi connectivity index (χ1v) is 12.9. The summed E-state index contributed by atoms with van der Waals surface area (Å²) in [5.74, 6) is -1.87. The molecule has 3 aromatic carbocycles. The molecule has 38 heavy (non-hydrogen) atoms. The van der Waals surface area contributed by atoms with E-state index >= 15 is 0 Å². The van der Waals surface area contributed by atoms with E-state index in [4.69, 9.17) is 9.57 Å². The number of rotatable bonds is 7. The SMILES string of the molecule is CCOc1cc([C@@H]2[C@@H]3C(=O)N(c4ccc(CC)cc4)C(=O)[C@@H]3ON2c2cccc([N+](=O)[O-])c2)cc(Br)c1O. The average Bonchev–Trinajstić information content (AvgIpc) is 3.42. The van der Waals surface area contributed by atoms with Gasteiger partial charge in [0.2, 0.25) is 5.91 Å². The smallest absolute Gasteiger partial charge is 0.271 e. The fourth-order valence-corrected chi connectivity index (χ4v) is 5.35. The standard InChI is InChI=1S/C27H24BrN3O7/c1-3-15-8-10-17(11-9-15)29-26(33)22-23(16-12-20(28)24(32)21(13-16)37-4-2)30(38-25(22)27(29)34)18-6-5-7-19(14-18)31(35)36/h5-14,22-23,25,32H,3-4H2,1-2H3/t22-,23+,25+/m0/s1. The Labute approximate surface area is 226 Å². The highest BCUT2D eigenvalue weighted by atomic mass is 79.9. The summed E-state index contributed by atoms with van der Waals surface area (Å²) in [5, 5.41) is 23.3. The Morgan fingerprint density at radius 3 is 2.45 bits per heavy atom. The molecule has 0 aliphatic carbocycles. The molecule has 0 spiro atoms. The third-order valence-electron chi connectivity index (χ3n) is 6.71. The number of hydroxylamine groups is 1. The van der Waals surface area contributed by atoms with Gasteiger partial charge in [-0.15, -0.1) is 0 Å². The lowest BCUT2D eigenvalue weighted by Crippen LogP contribution is -2.37. The van der Waals surface area contributed by atoms with E-state index in [-0.39, 0.29) is 23.8 Å². The molecule has 0 unspecified atom stereocenters. The Hall–Kier alpha value is -3.96. The Morgan fingerprint density at radius 1 is 1.05 bits per heavy atom. The van der Waals surface area contributed by atoms with E-state index in [2.05, 4.69) is 15.9 Å². The third-order valence-corrected chi connectivity index (χ3v) is 7.31. The molecule has 11 heteroatoms. The molecular weight excluding hydrogens is 558 g/mol. The van der Waals surface area contributed by atoms with Gasteiger partial charge in [-0.05, 0) is 70.7 Å². The molecule has 0 radical (unpaired) electrons. The highest BCUT2D eigenvalue weighted by Gasteiger charge is 2.60. The van der Waals surface area contributed by atoms with Crippen molar-refractivity contribution < 1.29 is 29.2 Å². The first-order valence-electron chi connectivity index (χ1n) is 12.1. The van der Waals surface area contributed by atoms with Gasteiger partial charge in [-0.25, -0.2) is 9.96 Å². The number of anilines is 2. The minimum Gasteiger partial charge on any atom is -0.503 e. The van der Waals surface area contributed by atoms with Crippen molar-refractivity contribution in [2.75, 3.05) is 16.6 Å². The number of hydrogen-bond donors (Lipinski definition) is 1. The largest absolute Gasteiger partial charge is 0.503 e. The van der Waals surface area contributed by atoms with Crippen LogP contribution in [0.15, 0.2) is 65.1 Å². The summed E-state index contributed by atoms with van der Waals surface area (Å²) in [5.41, 5.74) is 2.16. The van der Waals surface area contributed by atoms with Crippen LogP contribution in [0.5, 0.6) is 11.5 Å².